The first-order valence-corrected chi connectivity index (χ1v) is 12.2. The van der Waals surface area contributed by atoms with Crippen molar-refractivity contribution in [3.63, 3.8) is 0 Å². The Morgan fingerprint density at radius 1 is 1.08 bits per heavy atom. The summed E-state index contributed by atoms with van der Waals surface area (Å²) in [6.45, 7) is 1.76. The minimum atomic E-state index is -0.634. The quantitative estimate of drug-likeness (QED) is 0.335. The van der Waals surface area contributed by atoms with Crippen molar-refractivity contribution in [2.24, 2.45) is 0 Å². The molecule has 0 atom stereocenters. The number of carbonyl (C=O) groups is 3. The van der Waals surface area contributed by atoms with Crippen LogP contribution in [0.1, 0.15) is 16.7 Å². The van der Waals surface area contributed by atoms with E-state index < -0.39 is 29.4 Å². The first-order chi connectivity index (χ1) is 17.2. The van der Waals surface area contributed by atoms with E-state index in [0.717, 1.165) is 22.1 Å². The molecule has 4 rings (SSSR count). The number of benzene rings is 3. The van der Waals surface area contributed by atoms with Crippen LogP contribution in [0.5, 0.6) is 5.75 Å². The van der Waals surface area contributed by atoms with Gasteiger partial charge in [-0.2, -0.15) is 0 Å². The Hall–Kier alpha value is -3.33. The molecule has 1 fully saturated rings. The number of carbonyl (C=O) groups excluding carboxylic acids is 3. The Labute approximate surface area is 221 Å². The predicted octanol–water partition coefficient (Wildman–Crippen LogP) is 6.69. The normalized spacial score (nSPS) is 14.4. The van der Waals surface area contributed by atoms with Gasteiger partial charge >= 0.3 is 0 Å². The van der Waals surface area contributed by atoms with Gasteiger partial charge in [0.15, 0.2) is 5.75 Å². The second-order valence-corrected chi connectivity index (χ2v) is 9.72. The number of aryl methyl sites for hydroxylation is 1. The molecule has 1 N–H and O–H groups in total. The van der Waals surface area contributed by atoms with Crippen LogP contribution in [-0.4, -0.2) is 28.5 Å². The van der Waals surface area contributed by atoms with Crippen molar-refractivity contribution in [3.05, 3.63) is 98.1 Å². The number of hydrogen-bond acceptors (Lipinski definition) is 5. The van der Waals surface area contributed by atoms with Crippen molar-refractivity contribution in [2.75, 3.05) is 11.9 Å². The van der Waals surface area contributed by atoms with Crippen molar-refractivity contribution in [1.29, 1.82) is 0 Å². The van der Waals surface area contributed by atoms with Gasteiger partial charge in [0, 0.05) is 5.69 Å². The maximum Gasteiger partial charge on any atom is 0.294 e. The summed E-state index contributed by atoms with van der Waals surface area (Å²) in [6.07, 6.45) is 1.47. The predicted molar refractivity (Wildman–Crippen MR) is 140 cm³/mol. The zero-order valence-electron chi connectivity index (χ0n) is 18.9. The molecule has 3 amide bonds. The van der Waals surface area contributed by atoms with E-state index in [9.17, 15) is 18.8 Å². The molecule has 10 heteroatoms. The topological polar surface area (TPSA) is 75.7 Å². The van der Waals surface area contributed by atoms with Crippen LogP contribution in [0.4, 0.5) is 14.9 Å². The summed E-state index contributed by atoms with van der Waals surface area (Å²) in [5.41, 5.74) is 2.79. The summed E-state index contributed by atoms with van der Waals surface area (Å²) in [5, 5.41) is 2.35. The monoisotopic (exact) mass is 544 g/mol. The summed E-state index contributed by atoms with van der Waals surface area (Å²) >= 11 is 13.4. The van der Waals surface area contributed by atoms with Crippen molar-refractivity contribution < 1.29 is 23.5 Å². The standard InChI is InChI=1S/C26H19Cl2FN2O4S/c1-15-5-7-16(8-6-15)14-35-24-20(27)9-17(10-21(24)28)11-22-25(33)31(26(34)36-22)13-23(32)30-19-4-2-3-18(29)12-19/h2-12H,13-14H2,1H3,(H,30,32)/b22-11+. The Bertz CT molecular complexity index is 1360. The summed E-state index contributed by atoms with van der Waals surface area (Å²) in [4.78, 5) is 38.3. The highest BCUT2D eigenvalue weighted by atomic mass is 35.5. The summed E-state index contributed by atoms with van der Waals surface area (Å²) in [5.74, 6) is -1.49. The fraction of sp³-hybridized carbons (Fsp3) is 0.115. The molecule has 1 aliphatic rings. The van der Waals surface area contributed by atoms with E-state index in [-0.39, 0.29) is 27.2 Å². The molecule has 3 aromatic carbocycles. The summed E-state index contributed by atoms with van der Waals surface area (Å²) in [6, 6.07) is 16.3. The Morgan fingerprint density at radius 3 is 2.44 bits per heavy atom. The fourth-order valence-corrected chi connectivity index (χ4v) is 4.79. The van der Waals surface area contributed by atoms with Crippen LogP contribution in [0.3, 0.4) is 0 Å². The lowest BCUT2D eigenvalue weighted by Gasteiger charge is -2.12. The Kier molecular flexibility index (Phi) is 7.98. The molecule has 1 heterocycles. The van der Waals surface area contributed by atoms with Gasteiger partial charge in [-0.15, -0.1) is 0 Å². The van der Waals surface area contributed by atoms with Crippen LogP contribution in [0.2, 0.25) is 10.0 Å². The van der Waals surface area contributed by atoms with Crippen molar-refractivity contribution >= 4 is 63.8 Å². The van der Waals surface area contributed by atoms with Gasteiger partial charge in [0.25, 0.3) is 11.1 Å². The van der Waals surface area contributed by atoms with Crippen LogP contribution in [0, 0.1) is 12.7 Å². The van der Waals surface area contributed by atoms with E-state index >= 15 is 0 Å². The Balaban J connectivity index is 1.43. The van der Waals surface area contributed by atoms with E-state index in [0.29, 0.717) is 23.1 Å². The highest BCUT2D eigenvalue weighted by molar-refractivity contribution is 8.18. The first-order valence-electron chi connectivity index (χ1n) is 10.7. The number of imide groups is 1. The molecule has 6 nitrogen and oxygen atoms in total. The third-order valence-corrected chi connectivity index (χ3v) is 6.57. The van der Waals surface area contributed by atoms with Crippen LogP contribution in [-0.2, 0) is 16.2 Å². The van der Waals surface area contributed by atoms with Gasteiger partial charge in [-0.25, -0.2) is 4.39 Å². The fourth-order valence-electron chi connectivity index (χ4n) is 3.34. The third-order valence-electron chi connectivity index (χ3n) is 5.11. The zero-order chi connectivity index (χ0) is 25.8. The molecule has 0 aromatic heterocycles. The van der Waals surface area contributed by atoms with Gasteiger partial charge in [0.2, 0.25) is 5.91 Å². The van der Waals surface area contributed by atoms with E-state index in [2.05, 4.69) is 5.32 Å². The summed E-state index contributed by atoms with van der Waals surface area (Å²) in [7, 11) is 0. The molecule has 0 aliphatic carbocycles. The number of amides is 3. The molecule has 0 radical (unpaired) electrons. The van der Waals surface area contributed by atoms with Gasteiger partial charge in [-0.05, 0) is 66.2 Å². The lowest BCUT2D eigenvalue weighted by molar-refractivity contribution is -0.127. The zero-order valence-corrected chi connectivity index (χ0v) is 21.2. The lowest BCUT2D eigenvalue weighted by Crippen LogP contribution is -2.36. The number of rotatable bonds is 7. The van der Waals surface area contributed by atoms with Crippen LogP contribution in [0.15, 0.2) is 65.6 Å². The smallest absolute Gasteiger partial charge is 0.294 e. The number of nitrogens with one attached hydrogen (secondary N) is 1. The largest absolute Gasteiger partial charge is 0.486 e. The second kappa shape index (κ2) is 11.2. The molecular formula is C26H19Cl2FN2O4S. The molecule has 0 saturated carbocycles. The first kappa shape index (κ1) is 25.8. The third kappa shape index (κ3) is 6.26. The second-order valence-electron chi connectivity index (χ2n) is 7.91. The Morgan fingerprint density at radius 2 is 1.78 bits per heavy atom. The number of hydrogen-bond donors (Lipinski definition) is 1. The highest BCUT2D eigenvalue weighted by Gasteiger charge is 2.36. The van der Waals surface area contributed by atoms with E-state index in [1.807, 2.05) is 31.2 Å². The van der Waals surface area contributed by atoms with Gasteiger partial charge in [0.05, 0.1) is 15.0 Å². The number of anilines is 1. The molecule has 36 heavy (non-hydrogen) atoms. The molecular weight excluding hydrogens is 526 g/mol. The lowest BCUT2D eigenvalue weighted by atomic mass is 10.1. The minimum absolute atomic E-state index is 0.110. The average molecular weight is 545 g/mol. The molecule has 1 saturated heterocycles. The van der Waals surface area contributed by atoms with E-state index in [1.165, 1.54) is 24.3 Å². The van der Waals surface area contributed by atoms with Crippen LogP contribution >= 0.6 is 35.0 Å². The highest BCUT2D eigenvalue weighted by Crippen LogP contribution is 2.37. The molecule has 3 aromatic rings. The number of nitrogens with zero attached hydrogens (tertiary/aromatic N) is 1. The number of halogens is 3. The van der Waals surface area contributed by atoms with Crippen LogP contribution < -0.4 is 10.1 Å². The van der Waals surface area contributed by atoms with Gasteiger partial charge in [-0.1, -0.05) is 59.1 Å². The number of ether oxygens (including phenoxy) is 1. The summed E-state index contributed by atoms with van der Waals surface area (Å²) < 4.78 is 19.1. The van der Waals surface area contributed by atoms with Crippen LogP contribution in [0.25, 0.3) is 6.08 Å². The minimum Gasteiger partial charge on any atom is -0.486 e. The molecule has 0 spiro atoms. The molecule has 0 unspecified atom stereocenters. The SMILES string of the molecule is Cc1ccc(COc2c(Cl)cc(/C=C3/SC(=O)N(CC(=O)Nc4cccc(F)c4)C3=O)cc2Cl)cc1. The van der Waals surface area contributed by atoms with Gasteiger partial charge < -0.3 is 10.1 Å². The number of thioether (sulfide) groups is 1. The van der Waals surface area contributed by atoms with Gasteiger partial charge in [-0.3, -0.25) is 19.3 Å². The van der Waals surface area contributed by atoms with E-state index in [1.54, 1.807) is 12.1 Å². The molecule has 0 bridgehead atoms. The molecule has 1 aliphatic heterocycles. The molecule has 184 valence electrons. The maximum absolute atomic E-state index is 13.3. The van der Waals surface area contributed by atoms with E-state index in [4.69, 9.17) is 27.9 Å². The van der Waals surface area contributed by atoms with Crippen molar-refractivity contribution in [1.82, 2.24) is 4.90 Å². The van der Waals surface area contributed by atoms with Gasteiger partial charge in [0.1, 0.15) is 19.0 Å². The van der Waals surface area contributed by atoms with Crippen molar-refractivity contribution in [2.45, 2.75) is 13.5 Å². The average Bonchev–Trinajstić information content (AvgIpc) is 3.07. The van der Waals surface area contributed by atoms with Crippen molar-refractivity contribution in [3.8, 4) is 5.75 Å². The maximum atomic E-state index is 13.3.